The highest BCUT2D eigenvalue weighted by atomic mass is 32.2. The van der Waals surface area contributed by atoms with Crippen LogP contribution in [0.4, 0.5) is 22.0 Å². The Bertz CT molecular complexity index is 1550. The lowest BCUT2D eigenvalue weighted by Gasteiger charge is -2.19. The van der Waals surface area contributed by atoms with Crippen LogP contribution < -0.4 is 0 Å². The number of alkyl halides is 5. The zero-order valence-corrected chi connectivity index (χ0v) is 19.6. The van der Waals surface area contributed by atoms with Crippen LogP contribution in [0, 0.1) is 0 Å². The third-order valence-electron chi connectivity index (χ3n) is 5.55. The Labute approximate surface area is 202 Å². The molecular weight excluding hydrogens is 509 g/mol. The van der Waals surface area contributed by atoms with Gasteiger partial charge in [0.05, 0.1) is 11.3 Å². The summed E-state index contributed by atoms with van der Waals surface area (Å²) < 4.78 is 89.8. The fourth-order valence-electron chi connectivity index (χ4n) is 3.53. The van der Waals surface area contributed by atoms with Gasteiger partial charge in [0.1, 0.15) is 5.52 Å². The molecule has 4 aromatic rings. The third kappa shape index (κ3) is 4.10. The van der Waals surface area contributed by atoms with E-state index in [1.54, 1.807) is 6.92 Å². The van der Waals surface area contributed by atoms with E-state index in [9.17, 15) is 26.2 Å². The predicted octanol–water partition coefficient (Wildman–Crippen LogP) is 5.14. The van der Waals surface area contributed by atoms with Gasteiger partial charge in [-0.2, -0.15) is 37.5 Å². The molecule has 0 aromatic carbocycles. The summed E-state index contributed by atoms with van der Waals surface area (Å²) in [5.41, 5.74) is -1.02. The first kappa shape index (κ1) is 24.2. The van der Waals surface area contributed by atoms with Crippen molar-refractivity contribution in [1.82, 2.24) is 29.7 Å². The number of hydrogen-bond donors (Lipinski definition) is 0. The molecule has 1 aliphatic rings. The number of hydrogen-bond acceptors (Lipinski definition) is 9. The van der Waals surface area contributed by atoms with Crippen molar-refractivity contribution < 1.29 is 30.7 Å². The van der Waals surface area contributed by atoms with Crippen molar-refractivity contribution in [3.8, 4) is 22.9 Å². The Kier molecular flexibility index (Phi) is 5.76. The van der Waals surface area contributed by atoms with Crippen LogP contribution in [0.3, 0.4) is 0 Å². The van der Waals surface area contributed by atoms with Gasteiger partial charge in [0, 0.05) is 37.5 Å². The summed E-state index contributed by atoms with van der Waals surface area (Å²) >= 11 is 0. The van der Waals surface area contributed by atoms with Crippen molar-refractivity contribution in [2.75, 3.05) is 6.54 Å². The van der Waals surface area contributed by atoms with Crippen LogP contribution in [0.5, 0.6) is 0 Å². The molecule has 0 atom stereocenters. The van der Waals surface area contributed by atoms with Gasteiger partial charge in [-0.25, -0.2) is 9.97 Å². The van der Waals surface area contributed by atoms with Gasteiger partial charge in [-0.15, -0.1) is 0 Å². The van der Waals surface area contributed by atoms with Crippen LogP contribution in [0.2, 0.25) is 0 Å². The number of aromatic nitrogens is 6. The topological polar surface area (TPSA) is 112 Å². The van der Waals surface area contributed by atoms with Gasteiger partial charge in [-0.1, -0.05) is 16.1 Å². The molecule has 15 heteroatoms. The Morgan fingerprint density at radius 1 is 1.14 bits per heavy atom. The van der Waals surface area contributed by atoms with Crippen LogP contribution in [-0.4, -0.2) is 42.4 Å². The Balaban J connectivity index is 1.63. The van der Waals surface area contributed by atoms with Crippen molar-refractivity contribution in [2.45, 2.75) is 42.7 Å². The summed E-state index contributed by atoms with van der Waals surface area (Å²) in [6, 6.07) is 2.13. The lowest BCUT2D eigenvalue weighted by molar-refractivity contribution is -0.289. The Morgan fingerprint density at radius 2 is 1.89 bits per heavy atom. The molecule has 1 fully saturated rings. The first-order valence-electron chi connectivity index (χ1n) is 10.7. The molecule has 1 saturated carbocycles. The molecule has 0 N–H and O–H groups in total. The molecule has 190 valence electrons. The van der Waals surface area contributed by atoms with Crippen LogP contribution in [-0.2, 0) is 27.8 Å². The van der Waals surface area contributed by atoms with E-state index in [0.29, 0.717) is 23.7 Å². The molecule has 0 radical (unpaired) electrons. The van der Waals surface area contributed by atoms with Crippen LogP contribution >= 0.6 is 0 Å². The maximum atomic E-state index is 13.9. The van der Waals surface area contributed by atoms with Gasteiger partial charge in [-0.05, 0) is 25.8 Å². The Morgan fingerprint density at radius 3 is 2.56 bits per heavy atom. The molecule has 9 nitrogen and oxygen atoms in total. The summed E-state index contributed by atoms with van der Waals surface area (Å²) in [5.74, 6) is -4.08. The maximum Gasteiger partial charge on any atom is 0.458 e. The minimum absolute atomic E-state index is 0.0361. The minimum Gasteiger partial charge on any atom is -0.440 e. The maximum absolute atomic E-state index is 13.9. The quantitative estimate of drug-likeness (QED) is 0.253. The van der Waals surface area contributed by atoms with Crippen molar-refractivity contribution in [3.63, 3.8) is 0 Å². The summed E-state index contributed by atoms with van der Waals surface area (Å²) in [5, 5.41) is 3.95. The molecule has 0 unspecified atom stereocenters. The molecule has 5 rings (SSSR count). The van der Waals surface area contributed by atoms with Crippen LogP contribution in [0.25, 0.3) is 34.1 Å². The van der Waals surface area contributed by atoms with Gasteiger partial charge in [0.25, 0.3) is 0 Å². The second kappa shape index (κ2) is 8.57. The standard InChI is InChI=1S/C21H17F5N7O2S/c1-3-29-36(34)14-6-11(16-31-19(35-32-16)10-4-5-10)8-27-15(14)18-30-13-7-12(9-28-17(13)33(18)2)20(22,23)21(24,25)26/h6-10H,3-5H2,1-2H3/q-1. The minimum atomic E-state index is -5.79. The molecule has 0 amide bonds. The number of rotatable bonds is 6. The van der Waals surface area contributed by atoms with Crippen molar-refractivity contribution in [2.24, 2.45) is 11.4 Å². The summed E-state index contributed by atoms with van der Waals surface area (Å²) in [6.45, 7) is 1.92. The van der Waals surface area contributed by atoms with E-state index >= 15 is 0 Å². The van der Waals surface area contributed by atoms with Gasteiger partial charge >= 0.3 is 12.1 Å². The molecule has 0 saturated heterocycles. The highest BCUT2D eigenvalue weighted by Crippen LogP contribution is 2.44. The largest absolute Gasteiger partial charge is 0.458 e. The fourth-order valence-corrected chi connectivity index (χ4v) is 4.44. The average Bonchev–Trinajstić information content (AvgIpc) is 3.47. The van der Waals surface area contributed by atoms with Gasteiger partial charge in [-0.3, -0.25) is 4.98 Å². The molecule has 36 heavy (non-hydrogen) atoms. The van der Waals surface area contributed by atoms with E-state index in [-0.39, 0.29) is 45.9 Å². The van der Waals surface area contributed by atoms with E-state index in [0.717, 1.165) is 12.8 Å². The summed E-state index contributed by atoms with van der Waals surface area (Å²) in [6.07, 6.45) is -2.02. The van der Waals surface area contributed by atoms with Crippen molar-refractivity contribution in [3.05, 3.63) is 36.0 Å². The molecule has 0 bridgehead atoms. The zero-order chi connectivity index (χ0) is 25.8. The van der Waals surface area contributed by atoms with Gasteiger partial charge < -0.3 is 17.7 Å². The second-order valence-corrected chi connectivity index (χ2v) is 9.33. The number of aryl methyl sites for hydroxylation is 1. The molecular formula is C21H17F5N7O2S-. The monoisotopic (exact) mass is 526 g/mol. The lowest BCUT2D eigenvalue weighted by Crippen LogP contribution is -2.33. The normalized spacial score (nSPS) is 15.6. The first-order chi connectivity index (χ1) is 17.0. The smallest absolute Gasteiger partial charge is 0.440 e. The predicted molar refractivity (Wildman–Crippen MR) is 116 cm³/mol. The van der Waals surface area contributed by atoms with E-state index in [1.807, 2.05) is 0 Å². The summed E-state index contributed by atoms with van der Waals surface area (Å²) in [4.78, 5) is 16.8. The van der Waals surface area contributed by atoms with Crippen LogP contribution in [0.15, 0.2) is 38.3 Å². The molecule has 0 spiro atoms. The first-order valence-corrected chi connectivity index (χ1v) is 11.8. The van der Waals surface area contributed by atoms with E-state index < -0.39 is 28.3 Å². The lowest BCUT2D eigenvalue weighted by atomic mass is 10.1. The number of halogens is 5. The van der Waals surface area contributed by atoms with Crippen LogP contribution in [0.1, 0.15) is 37.1 Å². The average molecular weight is 526 g/mol. The van der Waals surface area contributed by atoms with E-state index in [2.05, 4.69) is 29.5 Å². The van der Waals surface area contributed by atoms with Gasteiger partial charge in [0.15, 0.2) is 11.5 Å². The highest BCUT2D eigenvalue weighted by Gasteiger charge is 2.59. The highest BCUT2D eigenvalue weighted by molar-refractivity contribution is 7.75. The third-order valence-corrected chi connectivity index (χ3v) is 6.73. The van der Waals surface area contributed by atoms with E-state index in [4.69, 9.17) is 4.52 Å². The Hall–Kier alpha value is -3.49. The molecule has 0 aliphatic heterocycles. The molecule has 4 aromatic heterocycles. The SMILES string of the molecule is CCN=[S-](=O)c1cc(-c2noc(C3CC3)n2)cnc1-c1nc2cc(C(F)(F)C(F)(F)F)cnc2n1C. The zero-order valence-electron chi connectivity index (χ0n) is 18.8. The van der Waals surface area contributed by atoms with Gasteiger partial charge in [0.2, 0.25) is 11.7 Å². The second-order valence-electron chi connectivity index (χ2n) is 8.13. The fraction of sp³-hybridized carbons (Fsp3) is 0.381. The van der Waals surface area contributed by atoms with Crippen molar-refractivity contribution in [1.29, 1.82) is 0 Å². The molecule has 4 heterocycles. The molecule has 1 aliphatic carbocycles. The number of nitrogens with zero attached hydrogens (tertiary/aromatic N) is 7. The van der Waals surface area contributed by atoms with Crippen molar-refractivity contribution >= 4 is 21.8 Å². The number of fused-ring (bicyclic) bond motifs is 1. The number of imidazole rings is 1. The number of pyridine rings is 2. The van der Waals surface area contributed by atoms with E-state index in [1.165, 1.54) is 23.9 Å². The summed E-state index contributed by atoms with van der Waals surface area (Å²) in [7, 11) is -0.410.